The zero-order valence-corrected chi connectivity index (χ0v) is 7.85. The quantitative estimate of drug-likeness (QED) is 0.358. The van der Waals surface area contributed by atoms with E-state index in [-0.39, 0.29) is 31.7 Å². The van der Waals surface area contributed by atoms with Crippen LogP contribution >= 0.6 is 20.0 Å². The lowest BCUT2D eigenvalue weighted by atomic mass is 10.6. The normalized spacial score (nSPS) is 10.5. The molecule has 0 aliphatic heterocycles. The van der Waals surface area contributed by atoms with Crippen molar-refractivity contribution in [1.29, 1.82) is 0 Å². The molecule has 0 unspecified atom stereocenters. The van der Waals surface area contributed by atoms with Gasteiger partial charge in [0.15, 0.2) is 0 Å². The Morgan fingerprint density at radius 2 is 1.92 bits per heavy atom. The van der Waals surface area contributed by atoms with Gasteiger partial charge in [-0.2, -0.15) is 0 Å². The molecule has 0 aromatic carbocycles. The first-order chi connectivity index (χ1) is 4.92. The van der Waals surface area contributed by atoms with Gasteiger partial charge in [-0.1, -0.05) is 0 Å². The topological polar surface area (TPSA) is 107 Å². The Morgan fingerprint density at radius 1 is 1.42 bits per heavy atom. The Kier molecular flexibility index (Phi) is 7.67. The Balaban J connectivity index is 0. The highest BCUT2D eigenvalue weighted by molar-refractivity contribution is 7.51. The molecular formula is C4H11ClNO5P. The molecule has 0 saturated heterocycles. The fraction of sp³-hybridized carbons (Fsp3) is 0.750. The van der Waals surface area contributed by atoms with Crippen molar-refractivity contribution < 1.29 is 24.3 Å². The van der Waals surface area contributed by atoms with Crippen molar-refractivity contribution in [2.45, 2.75) is 0 Å². The molecular weight excluding hydrogens is 208 g/mol. The van der Waals surface area contributed by atoms with Crippen LogP contribution in [0.15, 0.2) is 0 Å². The van der Waals surface area contributed by atoms with Gasteiger partial charge in [0.25, 0.3) is 0 Å². The van der Waals surface area contributed by atoms with Crippen LogP contribution in [0.5, 0.6) is 0 Å². The van der Waals surface area contributed by atoms with Crippen LogP contribution in [0, 0.1) is 0 Å². The van der Waals surface area contributed by atoms with Crippen LogP contribution in [0.25, 0.3) is 0 Å². The number of carboxylic acid groups (broad SMARTS) is 1. The summed E-state index contributed by atoms with van der Waals surface area (Å²) in [6.07, 6.45) is -0.333. The third-order valence-corrected chi connectivity index (χ3v) is 1.66. The molecule has 0 saturated carbocycles. The summed E-state index contributed by atoms with van der Waals surface area (Å²) >= 11 is 0. The average Bonchev–Trinajstić information content (AvgIpc) is 1.78. The molecule has 0 aliphatic carbocycles. The van der Waals surface area contributed by atoms with Crippen molar-refractivity contribution >= 4 is 26.0 Å². The van der Waals surface area contributed by atoms with Gasteiger partial charge in [0.05, 0.1) is 12.7 Å². The van der Waals surface area contributed by atoms with Gasteiger partial charge in [0, 0.05) is 6.54 Å². The van der Waals surface area contributed by atoms with E-state index in [2.05, 4.69) is 5.32 Å². The summed E-state index contributed by atoms with van der Waals surface area (Å²) in [5.74, 6) is -1.05. The molecule has 0 atom stereocenters. The maximum Gasteiger partial charge on any atom is 0.326 e. The van der Waals surface area contributed by atoms with Gasteiger partial charge in [-0.15, -0.1) is 12.4 Å². The van der Waals surface area contributed by atoms with Crippen LogP contribution in [0.1, 0.15) is 0 Å². The Bertz CT molecular complexity index is 180. The standard InChI is InChI=1S/C4H10NO5P.ClH/c6-4(7)3-5-1-2-11(8,9)10;/h5H,1-3H2,(H,6,7)(H2,8,9,10);1H. The van der Waals surface area contributed by atoms with Crippen LogP contribution in [0.2, 0.25) is 0 Å². The lowest BCUT2D eigenvalue weighted by molar-refractivity contribution is -0.135. The maximum absolute atomic E-state index is 10.2. The molecule has 0 heterocycles. The van der Waals surface area contributed by atoms with Crippen LogP contribution in [0.4, 0.5) is 0 Å². The van der Waals surface area contributed by atoms with Crippen molar-refractivity contribution in [2.75, 3.05) is 19.3 Å². The van der Waals surface area contributed by atoms with Gasteiger partial charge in [-0.05, 0) is 0 Å². The summed E-state index contributed by atoms with van der Waals surface area (Å²) < 4.78 is 10.2. The van der Waals surface area contributed by atoms with Gasteiger partial charge < -0.3 is 20.2 Å². The zero-order chi connectivity index (χ0) is 8.91. The molecule has 0 aliphatic rings. The Morgan fingerprint density at radius 3 is 2.25 bits per heavy atom. The van der Waals surface area contributed by atoms with Crippen molar-refractivity contribution in [3.63, 3.8) is 0 Å². The Labute approximate surface area is 75.5 Å². The van der Waals surface area contributed by atoms with Crippen LogP contribution in [-0.2, 0) is 9.36 Å². The van der Waals surface area contributed by atoms with Gasteiger partial charge >= 0.3 is 13.6 Å². The number of carbonyl (C=O) groups is 1. The highest BCUT2D eigenvalue weighted by Crippen LogP contribution is 2.32. The lowest BCUT2D eigenvalue weighted by Crippen LogP contribution is -2.25. The number of halogens is 1. The van der Waals surface area contributed by atoms with Gasteiger partial charge in [-0.25, -0.2) is 0 Å². The number of rotatable bonds is 5. The second-order valence-electron chi connectivity index (χ2n) is 1.96. The molecule has 74 valence electrons. The van der Waals surface area contributed by atoms with E-state index in [9.17, 15) is 9.36 Å². The molecule has 0 amide bonds. The molecule has 0 bridgehead atoms. The lowest BCUT2D eigenvalue weighted by Gasteiger charge is -2.02. The van der Waals surface area contributed by atoms with E-state index in [0.717, 1.165) is 0 Å². The van der Waals surface area contributed by atoms with Gasteiger partial charge in [0.1, 0.15) is 0 Å². The summed E-state index contributed by atoms with van der Waals surface area (Å²) in [4.78, 5) is 26.5. The van der Waals surface area contributed by atoms with Crippen molar-refractivity contribution in [3.8, 4) is 0 Å². The molecule has 8 heteroatoms. The smallest absolute Gasteiger partial charge is 0.326 e. The predicted octanol–water partition coefficient (Wildman–Crippen LogP) is -0.740. The number of carboxylic acids is 1. The predicted molar refractivity (Wildman–Crippen MR) is 44.7 cm³/mol. The van der Waals surface area contributed by atoms with E-state index < -0.39 is 13.6 Å². The highest BCUT2D eigenvalue weighted by Gasteiger charge is 2.11. The molecule has 12 heavy (non-hydrogen) atoms. The summed E-state index contributed by atoms with van der Waals surface area (Å²) in [6.45, 7) is -0.267. The summed E-state index contributed by atoms with van der Waals surface area (Å²) in [5.41, 5.74) is 0. The fourth-order valence-electron chi connectivity index (χ4n) is 0.420. The minimum atomic E-state index is -3.98. The maximum atomic E-state index is 10.2. The van der Waals surface area contributed by atoms with E-state index in [1.807, 2.05) is 0 Å². The molecule has 0 spiro atoms. The van der Waals surface area contributed by atoms with E-state index in [1.54, 1.807) is 0 Å². The summed E-state index contributed by atoms with van der Waals surface area (Å²) in [6, 6.07) is 0. The summed E-state index contributed by atoms with van der Waals surface area (Å²) in [5, 5.41) is 10.4. The molecule has 0 fully saturated rings. The van der Waals surface area contributed by atoms with Crippen molar-refractivity contribution in [1.82, 2.24) is 5.32 Å². The van der Waals surface area contributed by atoms with Gasteiger partial charge in [-0.3, -0.25) is 9.36 Å². The first kappa shape index (κ1) is 14.4. The molecule has 0 radical (unpaired) electrons. The average molecular weight is 220 g/mol. The third kappa shape index (κ3) is 12.5. The Hall–Kier alpha value is -0.130. The second-order valence-corrected chi connectivity index (χ2v) is 3.74. The van der Waals surface area contributed by atoms with E-state index >= 15 is 0 Å². The largest absolute Gasteiger partial charge is 0.480 e. The minimum Gasteiger partial charge on any atom is -0.480 e. The third-order valence-electron chi connectivity index (χ3n) is 0.856. The molecule has 0 rings (SSSR count). The van der Waals surface area contributed by atoms with Gasteiger partial charge in [0.2, 0.25) is 0 Å². The minimum absolute atomic E-state index is 0. The molecule has 0 aromatic heterocycles. The number of hydrogen-bond acceptors (Lipinski definition) is 3. The van der Waals surface area contributed by atoms with Crippen LogP contribution in [0.3, 0.4) is 0 Å². The highest BCUT2D eigenvalue weighted by atomic mass is 35.5. The zero-order valence-electron chi connectivity index (χ0n) is 6.13. The van der Waals surface area contributed by atoms with Crippen molar-refractivity contribution in [2.24, 2.45) is 0 Å². The van der Waals surface area contributed by atoms with Crippen molar-refractivity contribution in [3.05, 3.63) is 0 Å². The first-order valence-electron chi connectivity index (χ1n) is 2.89. The number of nitrogens with one attached hydrogen (secondary N) is 1. The van der Waals surface area contributed by atoms with E-state index in [0.29, 0.717) is 0 Å². The fourth-order valence-corrected chi connectivity index (χ4v) is 0.869. The molecule has 6 nitrogen and oxygen atoms in total. The number of aliphatic carboxylic acids is 1. The molecule has 0 aromatic rings. The van der Waals surface area contributed by atoms with E-state index in [4.69, 9.17) is 14.9 Å². The molecule has 4 N–H and O–H groups in total. The van der Waals surface area contributed by atoms with E-state index in [1.165, 1.54) is 0 Å². The number of hydrogen-bond donors (Lipinski definition) is 4. The monoisotopic (exact) mass is 219 g/mol. The van der Waals surface area contributed by atoms with Crippen LogP contribution < -0.4 is 5.32 Å². The summed E-state index contributed by atoms with van der Waals surface area (Å²) in [7, 11) is -3.98. The second kappa shape index (κ2) is 6.39. The SMILES string of the molecule is Cl.O=C(O)CNCCP(=O)(O)O. The first-order valence-corrected chi connectivity index (χ1v) is 4.68. The van der Waals surface area contributed by atoms with Crippen LogP contribution in [-0.4, -0.2) is 40.1 Å².